The van der Waals surface area contributed by atoms with E-state index in [0.29, 0.717) is 18.4 Å². The minimum absolute atomic E-state index is 0.0963. The largest absolute Gasteiger partial charge is 0.469 e. The molecule has 2 aliphatic carbocycles. The van der Waals surface area contributed by atoms with Crippen molar-refractivity contribution in [3.8, 4) is 0 Å². The van der Waals surface area contributed by atoms with Gasteiger partial charge in [-0.1, -0.05) is 18.2 Å². The fourth-order valence-electron chi connectivity index (χ4n) is 4.83. The number of phosphoric ester groups is 1. The molecule has 3 rings (SSSR count). The zero-order chi connectivity index (χ0) is 21.1. The van der Waals surface area contributed by atoms with Crippen molar-refractivity contribution in [1.82, 2.24) is 0 Å². The van der Waals surface area contributed by atoms with Gasteiger partial charge in [0.1, 0.15) is 0 Å². The van der Waals surface area contributed by atoms with Gasteiger partial charge in [0.05, 0.1) is 12.7 Å². The highest BCUT2D eigenvalue weighted by Crippen LogP contribution is 2.44. The average Bonchev–Trinajstić information content (AvgIpc) is 3.05. The van der Waals surface area contributed by atoms with E-state index < -0.39 is 13.4 Å². The van der Waals surface area contributed by atoms with Crippen LogP contribution < -0.4 is 5.73 Å². The third-order valence-electron chi connectivity index (χ3n) is 6.40. The highest BCUT2D eigenvalue weighted by molar-refractivity contribution is 7.46. The Bertz CT molecular complexity index is 734. The number of phosphoric acid groups is 1. The average molecular weight is 426 g/mol. The van der Waals surface area contributed by atoms with E-state index in [1.807, 2.05) is 0 Å². The predicted octanol–water partition coefficient (Wildman–Crippen LogP) is 4.07. The fraction of sp³-hybridized carbons (Fsp3) is 0.727. The molecule has 0 amide bonds. The van der Waals surface area contributed by atoms with Crippen molar-refractivity contribution in [3.63, 3.8) is 0 Å². The van der Waals surface area contributed by atoms with Crippen molar-refractivity contribution in [2.45, 2.75) is 82.8 Å². The summed E-state index contributed by atoms with van der Waals surface area (Å²) < 4.78 is 21.3. The van der Waals surface area contributed by atoms with Crippen LogP contribution >= 0.6 is 7.82 Å². The van der Waals surface area contributed by atoms with Gasteiger partial charge in [-0.15, -0.1) is 0 Å². The summed E-state index contributed by atoms with van der Waals surface area (Å²) in [6, 6.07) is 6.85. The molecule has 0 bridgehead atoms. The zero-order valence-electron chi connectivity index (χ0n) is 17.7. The molecule has 1 aromatic rings. The van der Waals surface area contributed by atoms with E-state index in [4.69, 9.17) is 20.3 Å². The maximum Gasteiger partial charge on any atom is 0.469 e. The van der Waals surface area contributed by atoms with Crippen molar-refractivity contribution >= 4 is 7.82 Å². The Labute approximate surface area is 174 Å². The van der Waals surface area contributed by atoms with Gasteiger partial charge >= 0.3 is 7.82 Å². The molecule has 1 aromatic carbocycles. The Morgan fingerprint density at radius 1 is 1.28 bits per heavy atom. The molecule has 7 heteroatoms. The van der Waals surface area contributed by atoms with Crippen LogP contribution in [-0.2, 0) is 26.7 Å². The molecule has 3 atom stereocenters. The highest BCUT2D eigenvalue weighted by Gasteiger charge is 2.38. The molecule has 0 spiro atoms. The summed E-state index contributed by atoms with van der Waals surface area (Å²) in [5, 5.41) is 0. The summed E-state index contributed by atoms with van der Waals surface area (Å²) in [6.45, 7) is 4.92. The fourth-order valence-corrected chi connectivity index (χ4v) is 5.25. The van der Waals surface area contributed by atoms with E-state index in [1.165, 1.54) is 29.5 Å². The van der Waals surface area contributed by atoms with Crippen LogP contribution in [0, 0.1) is 5.92 Å². The predicted molar refractivity (Wildman–Crippen MR) is 114 cm³/mol. The summed E-state index contributed by atoms with van der Waals surface area (Å²) in [5.74, 6) is 1.08. The number of nitrogens with two attached hydrogens (primary N) is 1. The monoisotopic (exact) mass is 425 g/mol. The number of rotatable bonds is 9. The van der Waals surface area contributed by atoms with Gasteiger partial charge in [-0.25, -0.2) is 4.57 Å². The molecule has 0 saturated heterocycles. The van der Waals surface area contributed by atoms with Crippen molar-refractivity contribution in [1.29, 1.82) is 0 Å². The first-order chi connectivity index (χ1) is 13.6. The van der Waals surface area contributed by atoms with Crippen LogP contribution in [0.5, 0.6) is 0 Å². The molecule has 1 saturated carbocycles. The minimum atomic E-state index is -4.48. The Hall–Kier alpha value is -0.750. The van der Waals surface area contributed by atoms with Gasteiger partial charge in [0.15, 0.2) is 0 Å². The second kappa shape index (κ2) is 9.59. The van der Waals surface area contributed by atoms with Crippen molar-refractivity contribution < 1.29 is 23.6 Å². The van der Waals surface area contributed by atoms with Crippen LogP contribution in [0.1, 0.15) is 75.0 Å². The second-order valence-electron chi connectivity index (χ2n) is 9.26. The first-order valence-corrected chi connectivity index (χ1v) is 12.4. The number of benzene rings is 1. The van der Waals surface area contributed by atoms with Crippen LogP contribution in [0.3, 0.4) is 0 Å². The van der Waals surface area contributed by atoms with Gasteiger partial charge in [0.25, 0.3) is 0 Å². The summed E-state index contributed by atoms with van der Waals surface area (Å²) in [6.07, 6.45) is 8.53. The first kappa shape index (κ1) is 22.9. The van der Waals surface area contributed by atoms with E-state index in [2.05, 4.69) is 36.6 Å². The van der Waals surface area contributed by atoms with Gasteiger partial charge in [0.2, 0.25) is 0 Å². The molecule has 164 valence electrons. The first-order valence-electron chi connectivity index (χ1n) is 10.9. The molecule has 6 nitrogen and oxygen atoms in total. The number of fused-ring (bicyclic) bond motifs is 1. The molecule has 0 radical (unpaired) electrons. The second-order valence-corrected chi connectivity index (χ2v) is 10.5. The molecular weight excluding hydrogens is 389 g/mol. The third kappa shape index (κ3) is 6.88. The number of hydrogen-bond donors (Lipinski definition) is 3. The van der Waals surface area contributed by atoms with E-state index in [-0.39, 0.29) is 6.61 Å². The Morgan fingerprint density at radius 2 is 2.07 bits per heavy atom. The van der Waals surface area contributed by atoms with Gasteiger partial charge in [-0.3, -0.25) is 4.52 Å². The maximum atomic E-state index is 11.0. The molecule has 0 aliphatic heterocycles. The van der Waals surface area contributed by atoms with Crippen molar-refractivity contribution in [2.24, 2.45) is 11.7 Å². The van der Waals surface area contributed by atoms with E-state index in [0.717, 1.165) is 44.6 Å². The summed E-state index contributed by atoms with van der Waals surface area (Å²) in [7, 11) is -4.48. The Balaban J connectivity index is 1.53. The molecule has 0 heterocycles. The van der Waals surface area contributed by atoms with Crippen LogP contribution in [0.2, 0.25) is 0 Å². The van der Waals surface area contributed by atoms with Crippen molar-refractivity contribution in [3.05, 3.63) is 34.9 Å². The molecule has 2 aliphatic rings. The lowest BCUT2D eigenvalue weighted by Gasteiger charge is -2.27. The molecular formula is C22H36NO5P. The smallest absolute Gasteiger partial charge is 0.379 e. The Morgan fingerprint density at radius 3 is 2.79 bits per heavy atom. The van der Waals surface area contributed by atoms with E-state index in [1.54, 1.807) is 0 Å². The van der Waals surface area contributed by atoms with Crippen LogP contribution in [0.4, 0.5) is 0 Å². The molecule has 0 aromatic heterocycles. The molecule has 29 heavy (non-hydrogen) atoms. The van der Waals surface area contributed by atoms with Gasteiger partial charge < -0.3 is 20.3 Å². The number of hydrogen-bond acceptors (Lipinski definition) is 4. The standard InChI is InChI=1S/C22H36NO5P/c1-16(2)27-11-3-4-17-5-6-19-13-20(8-7-18(19)12-17)21-9-10-22(23,14-21)15-28-29(24,25)26/h7-8,13,16-17,21H,3-6,9-12,14-15,23H2,1-2H3,(H2,24,25,26)/t17-,21+,22-/m1/s1. The lowest BCUT2D eigenvalue weighted by molar-refractivity contribution is 0.0732. The third-order valence-corrected chi connectivity index (χ3v) is 6.87. The molecule has 1 fully saturated rings. The van der Waals surface area contributed by atoms with Crippen LogP contribution in [-0.4, -0.2) is 34.6 Å². The van der Waals surface area contributed by atoms with Gasteiger partial charge in [-0.2, -0.15) is 0 Å². The van der Waals surface area contributed by atoms with E-state index in [9.17, 15) is 4.57 Å². The van der Waals surface area contributed by atoms with Gasteiger partial charge in [-0.05, 0) is 93.7 Å². The topological polar surface area (TPSA) is 102 Å². The maximum absolute atomic E-state index is 11.0. The normalized spacial score (nSPS) is 27.4. The van der Waals surface area contributed by atoms with Crippen molar-refractivity contribution in [2.75, 3.05) is 13.2 Å². The number of aryl methyl sites for hydroxylation is 1. The molecule has 0 unspecified atom stereocenters. The summed E-state index contributed by atoms with van der Waals surface area (Å²) >= 11 is 0. The van der Waals surface area contributed by atoms with Crippen LogP contribution in [0.15, 0.2) is 18.2 Å². The summed E-state index contributed by atoms with van der Waals surface area (Å²) in [5.41, 5.74) is 9.91. The molecule has 4 N–H and O–H groups in total. The quantitative estimate of drug-likeness (QED) is 0.407. The Kier molecular flexibility index (Phi) is 7.58. The zero-order valence-corrected chi connectivity index (χ0v) is 18.6. The SMILES string of the molecule is CC(C)OCCC[C@@H]1CCc2cc([C@H]3CC[C@](N)(COP(=O)(O)O)C3)ccc2C1. The summed E-state index contributed by atoms with van der Waals surface area (Å²) in [4.78, 5) is 17.9. The minimum Gasteiger partial charge on any atom is -0.379 e. The lowest BCUT2D eigenvalue weighted by Crippen LogP contribution is -2.41. The van der Waals surface area contributed by atoms with Gasteiger partial charge in [0, 0.05) is 12.1 Å². The number of ether oxygens (including phenoxy) is 1. The van der Waals surface area contributed by atoms with Crippen LogP contribution in [0.25, 0.3) is 0 Å². The van der Waals surface area contributed by atoms with E-state index >= 15 is 0 Å². The lowest BCUT2D eigenvalue weighted by atomic mass is 9.80. The highest BCUT2D eigenvalue weighted by atomic mass is 31.2.